The molecule has 146 valence electrons. The van der Waals surface area contributed by atoms with Gasteiger partial charge in [0.2, 0.25) is 0 Å². The van der Waals surface area contributed by atoms with E-state index in [1.54, 1.807) is 36.4 Å². The van der Waals surface area contributed by atoms with Crippen molar-refractivity contribution in [1.82, 2.24) is 0 Å². The molecule has 4 atom stereocenters. The molecule has 0 aliphatic carbocycles. The van der Waals surface area contributed by atoms with E-state index in [2.05, 4.69) is 12.3 Å². The summed E-state index contributed by atoms with van der Waals surface area (Å²) in [4.78, 5) is 0.247. The van der Waals surface area contributed by atoms with Gasteiger partial charge in [0.1, 0.15) is 5.60 Å². The van der Waals surface area contributed by atoms with Crippen molar-refractivity contribution in [3.63, 3.8) is 0 Å². The molecule has 2 heterocycles. The first-order valence-corrected chi connectivity index (χ1v) is 10.7. The monoisotopic (exact) mass is 390 g/mol. The highest BCUT2D eigenvalue weighted by Crippen LogP contribution is 2.42. The molecule has 0 radical (unpaired) electrons. The average molecular weight is 391 g/mol. The highest BCUT2D eigenvalue weighted by atomic mass is 32.2. The van der Waals surface area contributed by atoms with Crippen molar-refractivity contribution in [1.29, 1.82) is 0 Å². The summed E-state index contributed by atoms with van der Waals surface area (Å²) in [5.41, 5.74) is 3.12. The zero-order chi connectivity index (χ0) is 19.5. The number of aliphatic hydroxyl groups excluding tert-OH is 1. The van der Waals surface area contributed by atoms with Crippen LogP contribution in [0.1, 0.15) is 32.6 Å². The molecule has 0 spiro atoms. The Balaban J connectivity index is 1.71. The van der Waals surface area contributed by atoms with Crippen molar-refractivity contribution < 1.29 is 23.0 Å². The van der Waals surface area contributed by atoms with Gasteiger partial charge in [-0.1, -0.05) is 24.8 Å². The fourth-order valence-electron chi connectivity index (χ4n) is 3.79. The quantitative estimate of drug-likeness (QED) is 0.756. The average Bonchev–Trinajstić information content (AvgIpc) is 3.05. The summed E-state index contributed by atoms with van der Waals surface area (Å²) in [6.45, 7) is 5.46. The number of sulfone groups is 1. The number of hydrogen-bond acceptors (Lipinski definition) is 5. The smallest absolute Gasteiger partial charge is 0.199 e. The standard InChI is InChI=1S/C21H26O5S/c1-3-16(2)13-17-9-10-20-21(15-22,26-17)14-18(25-20)11-12-27(23,24)19-7-5-4-6-8-19/h4-8,11-12,17-18,20,22H,1,9-10,13-15H2,2H3/b12-11-/t17-,18+,20+,21-/m1/s1. The maximum Gasteiger partial charge on any atom is 0.199 e. The first-order valence-electron chi connectivity index (χ1n) is 9.16. The largest absolute Gasteiger partial charge is 0.393 e. The Morgan fingerprint density at radius 2 is 2.11 bits per heavy atom. The molecular weight excluding hydrogens is 364 g/mol. The van der Waals surface area contributed by atoms with Crippen LogP contribution in [0.25, 0.3) is 0 Å². The van der Waals surface area contributed by atoms with E-state index in [-0.39, 0.29) is 23.7 Å². The molecule has 0 aromatic heterocycles. The highest BCUT2D eigenvalue weighted by Gasteiger charge is 2.52. The number of ether oxygens (including phenoxy) is 2. The molecule has 2 aliphatic heterocycles. The first-order chi connectivity index (χ1) is 12.9. The molecule has 3 rings (SSSR count). The van der Waals surface area contributed by atoms with Gasteiger partial charge in [-0.15, -0.1) is 5.73 Å². The van der Waals surface area contributed by atoms with Crippen LogP contribution in [0.4, 0.5) is 0 Å². The Hall–Kier alpha value is -1.69. The van der Waals surface area contributed by atoms with Crippen molar-refractivity contribution in [2.45, 2.75) is 61.4 Å². The zero-order valence-electron chi connectivity index (χ0n) is 15.5. The first kappa shape index (κ1) is 20.1. The molecule has 1 aromatic carbocycles. The van der Waals surface area contributed by atoms with Gasteiger partial charge in [0.15, 0.2) is 9.84 Å². The Labute approximate surface area is 160 Å². The maximum absolute atomic E-state index is 12.4. The van der Waals surface area contributed by atoms with Crippen LogP contribution < -0.4 is 0 Å². The van der Waals surface area contributed by atoms with Crippen LogP contribution in [0.2, 0.25) is 0 Å². The van der Waals surface area contributed by atoms with Crippen LogP contribution in [0.3, 0.4) is 0 Å². The third-order valence-electron chi connectivity index (χ3n) is 5.27. The van der Waals surface area contributed by atoms with E-state index < -0.39 is 21.5 Å². The summed E-state index contributed by atoms with van der Waals surface area (Å²) in [7, 11) is -3.52. The van der Waals surface area contributed by atoms with E-state index >= 15 is 0 Å². The molecule has 27 heavy (non-hydrogen) atoms. The Morgan fingerprint density at radius 1 is 1.37 bits per heavy atom. The van der Waals surface area contributed by atoms with Gasteiger partial charge in [-0.2, -0.15) is 0 Å². The molecule has 1 aromatic rings. The van der Waals surface area contributed by atoms with Crippen LogP contribution in [0.5, 0.6) is 0 Å². The number of benzene rings is 1. The molecular formula is C21H26O5S. The number of hydrogen-bond donors (Lipinski definition) is 1. The fourth-order valence-corrected chi connectivity index (χ4v) is 4.87. The van der Waals surface area contributed by atoms with Crippen LogP contribution in [0.15, 0.2) is 64.6 Å². The van der Waals surface area contributed by atoms with Gasteiger partial charge in [0.25, 0.3) is 0 Å². The Kier molecular flexibility index (Phi) is 6.04. The summed E-state index contributed by atoms with van der Waals surface area (Å²) < 4.78 is 37.1. The molecule has 2 aliphatic rings. The lowest BCUT2D eigenvalue weighted by atomic mass is 9.86. The van der Waals surface area contributed by atoms with Crippen molar-refractivity contribution in [2.75, 3.05) is 6.61 Å². The van der Waals surface area contributed by atoms with Gasteiger partial charge in [-0.05, 0) is 43.5 Å². The molecule has 5 nitrogen and oxygen atoms in total. The second kappa shape index (κ2) is 8.13. The Bertz CT molecular complexity index is 839. The minimum atomic E-state index is -3.52. The molecule has 0 saturated carbocycles. The molecule has 6 heteroatoms. The van der Waals surface area contributed by atoms with E-state index in [0.29, 0.717) is 6.42 Å². The van der Waals surface area contributed by atoms with E-state index in [1.165, 1.54) is 5.41 Å². The van der Waals surface area contributed by atoms with Gasteiger partial charge in [-0.25, -0.2) is 8.42 Å². The molecule has 0 amide bonds. The van der Waals surface area contributed by atoms with E-state index in [4.69, 9.17) is 9.47 Å². The Morgan fingerprint density at radius 3 is 2.78 bits per heavy atom. The van der Waals surface area contributed by atoms with E-state index in [1.807, 2.05) is 6.92 Å². The highest BCUT2D eigenvalue weighted by molar-refractivity contribution is 7.94. The molecule has 2 saturated heterocycles. The summed E-state index contributed by atoms with van der Waals surface area (Å²) in [5.74, 6) is 0. The van der Waals surface area contributed by atoms with Gasteiger partial charge >= 0.3 is 0 Å². The van der Waals surface area contributed by atoms with Crippen molar-refractivity contribution in [3.8, 4) is 0 Å². The molecule has 1 N–H and O–H groups in total. The molecule has 0 bridgehead atoms. The minimum Gasteiger partial charge on any atom is -0.393 e. The van der Waals surface area contributed by atoms with Gasteiger partial charge in [0.05, 0.1) is 29.8 Å². The normalized spacial score (nSPS) is 30.8. The third kappa shape index (κ3) is 4.42. The van der Waals surface area contributed by atoms with Crippen LogP contribution in [0, 0.1) is 0 Å². The number of aliphatic hydroxyl groups is 1. The number of rotatable bonds is 6. The van der Waals surface area contributed by atoms with Gasteiger partial charge < -0.3 is 14.6 Å². The molecule has 0 unspecified atom stereocenters. The van der Waals surface area contributed by atoms with Crippen LogP contribution >= 0.6 is 0 Å². The predicted octanol–water partition coefficient (Wildman–Crippen LogP) is 3.16. The van der Waals surface area contributed by atoms with Crippen LogP contribution in [-0.4, -0.2) is 44.0 Å². The van der Waals surface area contributed by atoms with Gasteiger partial charge in [-0.3, -0.25) is 0 Å². The van der Waals surface area contributed by atoms with Gasteiger partial charge in [0, 0.05) is 18.2 Å². The second-order valence-electron chi connectivity index (χ2n) is 7.26. The SMILES string of the molecule is C=C=C(C)C[C@H]1CC[C@@H]2O[C@@H](/C=C\S(=O)(=O)c3ccccc3)C[C@]2(CO)O1. The summed E-state index contributed by atoms with van der Waals surface area (Å²) in [6.07, 6.45) is 3.66. The topological polar surface area (TPSA) is 72.8 Å². The van der Waals surface area contributed by atoms with E-state index in [0.717, 1.165) is 24.8 Å². The minimum absolute atomic E-state index is 0.0120. The van der Waals surface area contributed by atoms with Crippen LogP contribution in [-0.2, 0) is 19.3 Å². The predicted molar refractivity (Wildman–Crippen MR) is 103 cm³/mol. The van der Waals surface area contributed by atoms with Crippen molar-refractivity contribution in [3.05, 3.63) is 59.7 Å². The lowest BCUT2D eigenvalue weighted by Gasteiger charge is -2.40. The van der Waals surface area contributed by atoms with E-state index in [9.17, 15) is 13.5 Å². The number of fused-ring (bicyclic) bond motifs is 1. The van der Waals surface area contributed by atoms with Crippen molar-refractivity contribution in [2.24, 2.45) is 0 Å². The third-order valence-corrected chi connectivity index (χ3v) is 6.72. The second-order valence-corrected chi connectivity index (χ2v) is 9.09. The summed E-state index contributed by atoms with van der Waals surface area (Å²) >= 11 is 0. The lowest BCUT2D eigenvalue weighted by molar-refractivity contribution is -0.181. The lowest BCUT2D eigenvalue weighted by Crippen LogP contribution is -2.51. The van der Waals surface area contributed by atoms with Crippen molar-refractivity contribution >= 4 is 9.84 Å². The zero-order valence-corrected chi connectivity index (χ0v) is 16.3. The molecule has 2 fully saturated rings. The summed E-state index contributed by atoms with van der Waals surface area (Å²) in [5, 5.41) is 11.2. The maximum atomic E-state index is 12.4. The fraction of sp³-hybridized carbons (Fsp3) is 0.476. The summed E-state index contributed by atoms with van der Waals surface area (Å²) in [6, 6.07) is 8.28.